The van der Waals surface area contributed by atoms with Crippen LogP contribution in [0.2, 0.25) is 0 Å². The van der Waals surface area contributed by atoms with E-state index in [9.17, 15) is 25.2 Å². The molecule has 2 heterocycles. The summed E-state index contributed by atoms with van der Waals surface area (Å²) in [5.74, 6) is 0.0523. The average Bonchev–Trinajstić information content (AvgIpc) is 3.42. The summed E-state index contributed by atoms with van der Waals surface area (Å²) < 4.78 is 22.7. The Kier molecular flexibility index (Phi) is 7.02. The van der Waals surface area contributed by atoms with Gasteiger partial charge in [0.2, 0.25) is 0 Å². The van der Waals surface area contributed by atoms with E-state index in [1.54, 1.807) is 13.0 Å². The summed E-state index contributed by atoms with van der Waals surface area (Å²) in [5, 5.41) is 45.2. The van der Waals surface area contributed by atoms with Crippen LogP contribution in [0.25, 0.3) is 0 Å². The Bertz CT molecular complexity index is 1000. The number of hydrogen-bond acceptors (Lipinski definition) is 9. The topological polar surface area (TPSA) is 135 Å². The molecule has 4 aliphatic carbocycles. The van der Waals surface area contributed by atoms with Gasteiger partial charge in [0.1, 0.15) is 24.9 Å². The van der Waals surface area contributed by atoms with Crippen LogP contribution in [0, 0.1) is 34.5 Å². The minimum atomic E-state index is -1.08. The summed E-state index contributed by atoms with van der Waals surface area (Å²) >= 11 is 0. The molecule has 6 aliphatic rings. The number of fused-ring (bicyclic) bond motifs is 5. The third kappa shape index (κ3) is 4.09. The number of aliphatic hydroxyl groups is 4. The van der Waals surface area contributed by atoms with E-state index in [4.69, 9.17) is 18.9 Å². The van der Waals surface area contributed by atoms with Gasteiger partial charge in [-0.05, 0) is 93.0 Å². The Morgan fingerprint density at radius 1 is 1.05 bits per heavy atom. The number of aliphatic hydroxyl groups excluding tert-OH is 3. The maximum atomic E-state index is 12.4. The van der Waals surface area contributed by atoms with Crippen molar-refractivity contribution in [2.24, 2.45) is 34.5 Å². The molecule has 39 heavy (non-hydrogen) atoms. The Labute approximate surface area is 230 Å². The summed E-state index contributed by atoms with van der Waals surface area (Å²) in [4.78, 5) is 11.8. The zero-order chi connectivity index (χ0) is 27.9. The molecular formula is C30H46O9. The molecule has 0 radical (unpaired) electrons. The number of methoxy groups -OCH3 is 1. The minimum Gasteiger partial charge on any atom is -0.458 e. The van der Waals surface area contributed by atoms with Gasteiger partial charge in [0, 0.05) is 18.6 Å². The quantitative estimate of drug-likeness (QED) is 0.307. The van der Waals surface area contributed by atoms with Crippen LogP contribution >= 0.6 is 0 Å². The molecule has 14 unspecified atom stereocenters. The molecule has 6 rings (SSSR count). The maximum Gasteiger partial charge on any atom is 0.331 e. The normalized spacial score (nSPS) is 55.3. The van der Waals surface area contributed by atoms with Crippen LogP contribution in [0.5, 0.6) is 0 Å². The number of hydrogen-bond donors (Lipinski definition) is 4. The van der Waals surface area contributed by atoms with Crippen molar-refractivity contribution in [1.82, 2.24) is 0 Å². The van der Waals surface area contributed by atoms with E-state index < -0.39 is 47.8 Å². The SMILES string of the molecule is COC1C(O)C(C)OC(OC2CCC3(C)C(CCC4C3C(O)CC3(C)C(C5=CC(=O)OC5)CCC43O)C2)C1O. The summed E-state index contributed by atoms with van der Waals surface area (Å²) in [6.07, 6.45) is 3.05. The van der Waals surface area contributed by atoms with E-state index in [0.717, 1.165) is 44.1 Å². The first-order valence-electron chi connectivity index (χ1n) is 14.9. The van der Waals surface area contributed by atoms with E-state index in [-0.39, 0.29) is 35.2 Å². The van der Waals surface area contributed by atoms with E-state index in [1.165, 1.54) is 7.11 Å². The van der Waals surface area contributed by atoms with Crippen LogP contribution in [-0.4, -0.2) is 88.6 Å². The summed E-state index contributed by atoms with van der Waals surface area (Å²) in [6, 6.07) is 0. The molecule has 4 saturated carbocycles. The van der Waals surface area contributed by atoms with Crippen LogP contribution in [0.4, 0.5) is 0 Å². The Morgan fingerprint density at radius 3 is 2.51 bits per heavy atom. The predicted octanol–water partition coefficient (Wildman–Crippen LogP) is 2.08. The lowest BCUT2D eigenvalue weighted by Crippen LogP contribution is -2.66. The fourth-order valence-corrected chi connectivity index (χ4v) is 10.2. The molecule has 0 aromatic carbocycles. The van der Waals surface area contributed by atoms with Gasteiger partial charge in [0.15, 0.2) is 6.29 Å². The Morgan fingerprint density at radius 2 is 1.82 bits per heavy atom. The second kappa shape index (κ2) is 9.75. The zero-order valence-corrected chi connectivity index (χ0v) is 23.6. The molecular weight excluding hydrogens is 504 g/mol. The van der Waals surface area contributed by atoms with Crippen molar-refractivity contribution in [2.45, 2.75) is 121 Å². The number of carbonyl (C=O) groups excluding carboxylic acids is 1. The number of ether oxygens (including phenoxy) is 4. The number of esters is 1. The van der Waals surface area contributed by atoms with Gasteiger partial charge in [-0.3, -0.25) is 0 Å². The minimum absolute atomic E-state index is 0.00175. The van der Waals surface area contributed by atoms with E-state index in [1.807, 2.05) is 0 Å². The number of carbonyl (C=O) groups is 1. The molecule has 0 bridgehead atoms. The van der Waals surface area contributed by atoms with Crippen molar-refractivity contribution >= 4 is 5.97 Å². The molecule has 9 nitrogen and oxygen atoms in total. The molecule has 0 amide bonds. The lowest BCUT2D eigenvalue weighted by atomic mass is 9.42. The molecule has 0 aromatic rings. The molecule has 0 spiro atoms. The zero-order valence-electron chi connectivity index (χ0n) is 23.6. The van der Waals surface area contributed by atoms with Crippen molar-refractivity contribution in [3.63, 3.8) is 0 Å². The number of cyclic esters (lactones) is 1. The third-order valence-corrected chi connectivity index (χ3v) is 12.3. The van der Waals surface area contributed by atoms with Gasteiger partial charge in [-0.25, -0.2) is 4.79 Å². The summed E-state index contributed by atoms with van der Waals surface area (Å²) in [7, 11) is 1.47. The van der Waals surface area contributed by atoms with Crippen molar-refractivity contribution in [3.05, 3.63) is 11.6 Å². The molecule has 1 saturated heterocycles. The van der Waals surface area contributed by atoms with Gasteiger partial charge in [0.05, 0.1) is 23.9 Å². The monoisotopic (exact) mass is 550 g/mol. The average molecular weight is 551 g/mol. The highest BCUT2D eigenvalue weighted by Gasteiger charge is 2.70. The van der Waals surface area contributed by atoms with E-state index in [2.05, 4.69) is 13.8 Å². The van der Waals surface area contributed by atoms with Gasteiger partial charge in [0.25, 0.3) is 0 Å². The number of rotatable bonds is 4. The van der Waals surface area contributed by atoms with Gasteiger partial charge in [-0.1, -0.05) is 13.8 Å². The molecule has 4 N–H and O–H groups in total. The molecule has 220 valence electrons. The molecule has 14 atom stereocenters. The highest BCUT2D eigenvalue weighted by molar-refractivity contribution is 5.85. The smallest absolute Gasteiger partial charge is 0.331 e. The Balaban J connectivity index is 1.18. The van der Waals surface area contributed by atoms with Crippen LogP contribution in [0.1, 0.15) is 72.1 Å². The standard InChI is InChI=1S/C30H46O9/c1-15-24(33)26(36-4)25(34)27(38-15)39-18-7-9-28(2)17(12-18)5-6-20-23(28)21(31)13-29(3)19(8-10-30(20,29)35)16-11-22(32)37-14-16/h11,15,17-21,23-27,31,33-35H,5-10,12-14H2,1-4H3. The molecule has 5 fully saturated rings. The van der Waals surface area contributed by atoms with Crippen molar-refractivity contribution in [1.29, 1.82) is 0 Å². The third-order valence-electron chi connectivity index (χ3n) is 12.3. The van der Waals surface area contributed by atoms with E-state index in [0.29, 0.717) is 25.4 Å². The van der Waals surface area contributed by atoms with Gasteiger partial charge < -0.3 is 39.4 Å². The van der Waals surface area contributed by atoms with Crippen LogP contribution in [-0.2, 0) is 23.7 Å². The first kappa shape index (κ1) is 28.1. The molecule has 0 aromatic heterocycles. The fourth-order valence-electron chi connectivity index (χ4n) is 10.2. The first-order chi connectivity index (χ1) is 18.4. The van der Waals surface area contributed by atoms with Gasteiger partial charge >= 0.3 is 5.97 Å². The van der Waals surface area contributed by atoms with E-state index >= 15 is 0 Å². The maximum absolute atomic E-state index is 12.4. The van der Waals surface area contributed by atoms with Crippen LogP contribution in [0.3, 0.4) is 0 Å². The first-order valence-corrected chi connectivity index (χ1v) is 14.9. The highest BCUT2D eigenvalue weighted by atomic mass is 16.7. The van der Waals surface area contributed by atoms with Gasteiger partial charge in [-0.15, -0.1) is 0 Å². The largest absolute Gasteiger partial charge is 0.458 e. The lowest BCUT2D eigenvalue weighted by Gasteiger charge is -2.65. The second-order valence-corrected chi connectivity index (χ2v) is 13.9. The fraction of sp³-hybridized carbons (Fsp3) is 0.900. The lowest BCUT2D eigenvalue weighted by molar-refractivity contribution is -0.314. The molecule has 2 aliphatic heterocycles. The van der Waals surface area contributed by atoms with Crippen LogP contribution in [0.15, 0.2) is 11.6 Å². The van der Waals surface area contributed by atoms with Crippen molar-refractivity contribution in [3.8, 4) is 0 Å². The van der Waals surface area contributed by atoms with Crippen molar-refractivity contribution in [2.75, 3.05) is 13.7 Å². The second-order valence-electron chi connectivity index (χ2n) is 13.9. The summed E-state index contributed by atoms with van der Waals surface area (Å²) in [5.41, 5.74) is -0.550. The Hall–Kier alpha value is -1.07. The highest BCUT2D eigenvalue weighted by Crippen LogP contribution is 2.70. The predicted molar refractivity (Wildman–Crippen MR) is 139 cm³/mol. The van der Waals surface area contributed by atoms with Gasteiger partial charge in [-0.2, -0.15) is 0 Å². The molecule has 9 heteroatoms. The summed E-state index contributed by atoms with van der Waals surface area (Å²) in [6.45, 7) is 6.46. The van der Waals surface area contributed by atoms with Crippen molar-refractivity contribution < 1.29 is 44.2 Å². The van der Waals surface area contributed by atoms with Crippen LogP contribution < -0.4 is 0 Å².